The number of hydrogen-bond donors (Lipinski definition) is 3. The number of anilines is 2. The summed E-state index contributed by atoms with van der Waals surface area (Å²) in [6.07, 6.45) is 4.71. The lowest BCUT2D eigenvalue weighted by Crippen LogP contribution is -2.07. The molecule has 0 fully saturated rings. The molecule has 0 aliphatic carbocycles. The van der Waals surface area contributed by atoms with Gasteiger partial charge in [-0.15, -0.1) is 5.10 Å². The smallest absolute Gasteiger partial charge is 0.236 e. The first-order valence-corrected chi connectivity index (χ1v) is 10.8. The fourth-order valence-electron chi connectivity index (χ4n) is 3.89. The first-order valence-electron chi connectivity index (χ1n) is 10.8. The third-order valence-electron chi connectivity index (χ3n) is 5.65. The number of carbonyl (C=O) groups excluding carboxylic acids is 1. The largest absolute Gasteiger partial charge is 0.352 e. The highest BCUT2D eigenvalue weighted by atomic mass is 19.1. The van der Waals surface area contributed by atoms with Crippen LogP contribution >= 0.6 is 0 Å². The normalized spacial score (nSPS) is 11.2. The van der Waals surface area contributed by atoms with Crippen molar-refractivity contribution in [3.05, 3.63) is 90.4 Å². The van der Waals surface area contributed by atoms with Gasteiger partial charge in [0.1, 0.15) is 5.82 Å². The number of aromatic nitrogens is 7. The van der Waals surface area contributed by atoms with Crippen LogP contribution in [0.4, 0.5) is 15.9 Å². The summed E-state index contributed by atoms with van der Waals surface area (Å²) in [5.74, 6) is 0.197. The molecule has 35 heavy (non-hydrogen) atoms. The molecule has 9 nitrogen and oxygen atoms in total. The lowest BCUT2D eigenvalue weighted by Gasteiger charge is -2.07. The van der Waals surface area contributed by atoms with Gasteiger partial charge >= 0.3 is 0 Å². The highest BCUT2D eigenvalue weighted by Crippen LogP contribution is 2.25. The molecule has 10 heteroatoms. The number of ketones is 1. The molecule has 0 aliphatic heterocycles. The molecule has 0 saturated heterocycles. The zero-order chi connectivity index (χ0) is 23.8. The number of rotatable bonds is 6. The molecule has 0 amide bonds. The zero-order valence-electron chi connectivity index (χ0n) is 18.2. The van der Waals surface area contributed by atoms with Crippen molar-refractivity contribution >= 4 is 39.1 Å². The molecule has 0 bridgehead atoms. The fourth-order valence-corrected chi connectivity index (χ4v) is 3.89. The molecule has 4 aromatic heterocycles. The van der Waals surface area contributed by atoms with E-state index in [0.717, 1.165) is 33.1 Å². The van der Waals surface area contributed by atoms with Crippen LogP contribution in [0.3, 0.4) is 0 Å². The van der Waals surface area contributed by atoms with Crippen LogP contribution in [0.1, 0.15) is 16.1 Å². The van der Waals surface area contributed by atoms with E-state index in [1.165, 1.54) is 12.3 Å². The van der Waals surface area contributed by atoms with Gasteiger partial charge in [-0.05, 0) is 42.5 Å². The van der Waals surface area contributed by atoms with E-state index in [-0.39, 0.29) is 17.8 Å². The predicted molar refractivity (Wildman–Crippen MR) is 129 cm³/mol. The van der Waals surface area contributed by atoms with Crippen LogP contribution < -0.4 is 5.32 Å². The average Bonchev–Trinajstić information content (AvgIpc) is 3.52. The number of H-pyrrole nitrogens is 2. The van der Waals surface area contributed by atoms with Gasteiger partial charge in [0.15, 0.2) is 11.6 Å². The van der Waals surface area contributed by atoms with E-state index in [4.69, 9.17) is 0 Å². The average molecular weight is 464 g/mol. The molecular weight excluding hydrogens is 447 g/mol. The maximum atomic E-state index is 13.8. The molecule has 6 aromatic rings. The Hall–Kier alpha value is -4.99. The Bertz CT molecular complexity index is 1710. The van der Waals surface area contributed by atoms with Gasteiger partial charge in [-0.1, -0.05) is 12.1 Å². The van der Waals surface area contributed by atoms with Crippen LogP contribution in [0.2, 0.25) is 0 Å². The topological polar surface area (TPSA) is 125 Å². The standard InChI is InChI=1S/C25H17FN8O/c26-24-15(5-8-28-34-24)12-22(35)21-10-14-1-2-16(11-20(14)31-21)25-27-7-6-23(32-25)30-18-3-4-19-17(9-18)13-29-33-19/h1-11,13,31H,12H2,(H,29,33)(H,27,30,32). The van der Waals surface area contributed by atoms with Gasteiger partial charge in [-0.25, -0.2) is 9.97 Å². The lowest BCUT2D eigenvalue weighted by molar-refractivity contribution is 0.0987. The highest BCUT2D eigenvalue weighted by molar-refractivity contribution is 6.01. The summed E-state index contributed by atoms with van der Waals surface area (Å²) in [5, 5.41) is 18.9. The van der Waals surface area contributed by atoms with Crippen molar-refractivity contribution in [1.82, 2.24) is 35.3 Å². The van der Waals surface area contributed by atoms with Crippen LogP contribution in [0, 0.1) is 5.95 Å². The molecule has 0 saturated carbocycles. The highest BCUT2D eigenvalue weighted by Gasteiger charge is 2.15. The predicted octanol–water partition coefficient (Wildman–Crippen LogP) is 4.60. The van der Waals surface area contributed by atoms with E-state index in [0.29, 0.717) is 17.3 Å². The summed E-state index contributed by atoms with van der Waals surface area (Å²) < 4.78 is 13.8. The van der Waals surface area contributed by atoms with E-state index in [2.05, 4.69) is 40.7 Å². The zero-order valence-corrected chi connectivity index (χ0v) is 18.2. The van der Waals surface area contributed by atoms with E-state index in [1.54, 1.807) is 24.5 Å². The number of benzene rings is 2. The van der Waals surface area contributed by atoms with Crippen molar-refractivity contribution in [2.75, 3.05) is 5.32 Å². The second-order valence-electron chi connectivity index (χ2n) is 7.99. The molecule has 0 spiro atoms. The fraction of sp³-hybridized carbons (Fsp3) is 0.0400. The summed E-state index contributed by atoms with van der Waals surface area (Å²) in [7, 11) is 0. The van der Waals surface area contributed by atoms with E-state index >= 15 is 0 Å². The van der Waals surface area contributed by atoms with Gasteiger partial charge in [0.25, 0.3) is 0 Å². The van der Waals surface area contributed by atoms with Crippen molar-refractivity contribution < 1.29 is 9.18 Å². The number of hydrogen-bond acceptors (Lipinski definition) is 7. The van der Waals surface area contributed by atoms with Crippen LogP contribution in [0.15, 0.2) is 73.2 Å². The Morgan fingerprint density at radius 1 is 0.971 bits per heavy atom. The van der Waals surface area contributed by atoms with Gasteiger partial charge in [0.05, 0.1) is 23.6 Å². The number of halogens is 1. The van der Waals surface area contributed by atoms with Gasteiger partial charge in [-0.3, -0.25) is 9.89 Å². The first kappa shape index (κ1) is 20.6. The van der Waals surface area contributed by atoms with E-state index < -0.39 is 5.95 Å². The third kappa shape index (κ3) is 4.08. The number of carbonyl (C=O) groups is 1. The van der Waals surface area contributed by atoms with Crippen LogP contribution in [0.5, 0.6) is 0 Å². The lowest BCUT2D eigenvalue weighted by atomic mass is 10.1. The van der Waals surface area contributed by atoms with Crippen molar-refractivity contribution in [2.24, 2.45) is 0 Å². The summed E-state index contributed by atoms with van der Waals surface area (Å²) in [4.78, 5) is 24.9. The van der Waals surface area contributed by atoms with E-state index in [1.807, 2.05) is 36.4 Å². The van der Waals surface area contributed by atoms with Crippen molar-refractivity contribution in [3.8, 4) is 11.4 Å². The molecule has 0 unspecified atom stereocenters. The Morgan fingerprint density at radius 2 is 1.91 bits per heavy atom. The second-order valence-corrected chi connectivity index (χ2v) is 7.99. The summed E-state index contributed by atoms with van der Waals surface area (Å²) in [5.41, 5.74) is 3.97. The monoisotopic (exact) mass is 464 g/mol. The van der Waals surface area contributed by atoms with Crippen molar-refractivity contribution in [3.63, 3.8) is 0 Å². The van der Waals surface area contributed by atoms with Crippen LogP contribution in [-0.2, 0) is 6.42 Å². The Kier molecular flexibility index (Phi) is 4.95. The van der Waals surface area contributed by atoms with Crippen LogP contribution in [0.25, 0.3) is 33.2 Å². The number of Topliss-reactive ketones (excluding diaryl/α,β-unsaturated/α-hetero) is 1. The van der Waals surface area contributed by atoms with Gasteiger partial charge in [0.2, 0.25) is 5.95 Å². The first-order chi connectivity index (χ1) is 17.1. The molecule has 170 valence electrons. The maximum Gasteiger partial charge on any atom is 0.236 e. The molecule has 4 heterocycles. The quantitative estimate of drug-likeness (QED) is 0.308. The maximum absolute atomic E-state index is 13.8. The molecule has 6 rings (SSSR count). The molecule has 0 radical (unpaired) electrons. The Morgan fingerprint density at radius 3 is 2.83 bits per heavy atom. The van der Waals surface area contributed by atoms with Crippen LogP contribution in [-0.4, -0.2) is 41.1 Å². The number of nitrogens with zero attached hydrogens (tertiary/aromatic N) is 5. The van der Waals surface area contributed by atoms with E-state index in [9.17, 15) is 9.18 Å². The number of aromatic amines is 2. The third-order valence-corrected chi connectivity index (χ3v) is 5.65. The summed E-state index contributed by atoms with van der Waals surface area (Å²) in [6, 6.07) is 16.5. The van der Waals surface area contributed by atoms with Crippen molar-refractivity contribution in [2.45, 2.75) is 6.42 Å². The summed E-state index contributed by atoms with van der Waals surface area (Å²) >= 11 is 0. The molecule has 2 aromatic carbocycles. The number of fused-ring (bicyclic) bond motifs is 2. The van der Waals surface area contributed by atoms with Gasteiger partial charge in [-0.2, -0.15) is 14.6 Å². The van der Waals surface area contributed by atoms with Crippen molar-refractivity contribution in [1.29, 1.82) is 0 Å². The molecule has 0 atom stereocenters. The Labute approximate surface area is 197 Å². The minimum absolute atomic E-state index is 0.109. The minimum Gasteiger partial charge on any atom is -0.352 e. The molecule has 0 aliphatic rings. The second kappa shape index (κ2) is 8.41. The Balaban J connectivity index is 1.25. The number of nitrogens with one attached hydrogen (secondary N) is 3. The molecule has 3 N–H and O–H groups in total. The summed E-state index contributed by atoms with van der Waals surface area (Å²) in [6.45, 7) is 0. The molecular formula is C25H17FN8O. The van der Waals surface area contributed by atoms with Gasteiger partial charge < -0.3 is 10.3 Å². The minimum atomic E-state index is -0.741. The van der Waals surface area contributed by atoms with Gasteiger partial charge in [0, 0.05) is 45.7 Å². The SMILES string of the molecule is O=C(Cc1ccnnc1F)c1cc2ccc(-c3nccc(Nc4ccc5[nH]ncc5c4)n3)cc2[nH]1.